The number of guanidine groups is 1. The van der Waals surface area contributed by atoms with Gasteiger partial charge in [0.15, 0.2) is 5.96 Å². The molecule has 2 N–H and O–H groups in total. The van der Waals surface area contributed by atoms with E-state index < -0.39 is 0 Å². The van der Waals surface area contributed by atoms with Crippen molar-refractivity contribution in [2.24, 2.45) is 4.99 Å². The summed E-state index contributed by atoms with van der Waals surface area (Å²) in [6, 6.07) is 11.0. The summed E-state index contributed by atoms with van der Waals surface area (Å²) in [6.45, 7) is 7.79. The second-order valence-corrected chi connectivity index (χ2v) is 8.38. The minimum atomic E-state index is 0. The van der Waals surface area contributed by atoms with Gasteiger partial charge in [0.1, 0.15) is 6.54 Å². The van der Waals surface area contributed by atoms with Gasteiger partial charge in [-0.1, -0.05) is 43.7 Å². The first kappa shape index (κ1) is 28.6. The number of halogens is 1. The van der Waals surface area contributed by atoms with Gasteiger partial charge < -0.3 is 20.3 Å². The zero-order valence-corrected chi connectivity index (χ0v) is 22.3. The standard InChI is InChI=1S/C24H41N5O2.HI/c1-4-5-17-31-18-9-14-25-24(26-19-23(30)28(2)3)27-22-12-15-29(16-13-22)20-21-10-7-6-8-11-21;/h6-8,10-11,22H,4-5,9,12-20H2,1-3H3,(H2,25,26,27);1H. The van der Waals surface area contributed by atoms with Gasteiger partial charge in [0, 0.05) is 59.5 Å². The summed E-state index contributed by atoms with van der Waals surface area (Å²) < 4.78 is 5.63. The van der Waals surface area contributed by atoms with Gasteiger partial charge in [-0.3, -0.25) is 9.69 Å². The van der Waals surface area contributed by atoms with Crippen molar-refractivity contribution in [2.45, 2.75) is 51.6 Å². The van der Waals surface area contributed by atoms with Crippen LogP contribution in [0.1, 0.15) is 44.6 Å². The molecule has 0 spiro atoms. The third-order valence-electron chi connectivity index (χ3n) is 5.45. The van der Waals surface area contributed by atoms with Crippen LogP contribution >= 0.6 is 24.0 Å². The van der Waals surface area contributed by atoms with Crippen LogP contribution in [0.15, 0.2) is 35.3 Å². The number of nitrogens with zero attached hydrogens (tertiary/aromatic N) is 3. The molecule has 1 aliphatic heterocycles. The molecule has 2 rings (SSSR count). The SMILES string of the molecule is CCCCOCCCNC(=NCC(=O)N(C)C)NC1CCN(Cc2ccccc2)CC1.I. The minimum absolute atomic E-state index is 0. The number of benzene rings is 1. The second-order valence-electron chi connectivity index (χ2n) is 8.38. The summed E-state index contributed by atoms with van der Waals surface area (Å²) in [5, 5.41) is 6.92. The van der Waals surface area contributed by atoms with Crippen molar-refractivity contribution in [3.05, 3.63) is 35.9 Å². The van der Waals surface area contributed by atoms with Crippen LogP contribution in [-0.2, 0) is 16.1 Å². The predicted octanol–water partition coefficient (Wildman–Crippen LogP) is 3.10. The third kappa shape index (κ3) is 12.0. The minimum Gasteiger partial charge on any atom is -0.381 e. The maximum Gasteiger partial charge on any atom is 0.243 e. The Hall–Kier alpha value is -1.39. The fraction of sp³-hybridized carbons (Fsp3) is 0.667. The fourth-order valence-electron chi connectivity index (χ4n) is 3.44. The van der Waals surface area contributed by atoms with Crippen LogP contribution in [0, 0.1) is 0 Å². The molecular formula is C24H42IN5O2. The van der Waals surface area contributed by atoms with Crippen LogP contribution in [0.2, 0.25) is 0 Å². The molecule has 1 aromatic rings. The number of amides is 1. The van der Waals surface area contributed by atoms with Gasteiger partial charge in [-0.05, 0) is 31.2 Å². The van der Waals surface area contributed by atoms with E-state index in [1.54, 1.807) is 19.0 Å². The summed E-state index contributed by atoms with van der Waals surface area (Å²) >= 11 is 0. The van der Waals surface area contributed by atoms with Gasteiger partial charge in [0.05, 0.1) is 0 Å². The van der Waals surface area contributed by atoms with Crippen LogP contribution < -0.4 is 10.6 Å². The molecule has 182 valence electrons. The molecule has 8 heteroatoms. The van der Waals surface area contributed by atoms with Crippen molar-refractivity contribution in [3.63, 3.8) is 0 Å². The van der Waals surface area contributed by atoms with Crippen molar-refractivity contribution < 1.29 is 9.53 Å². The Labute approximate surface area is 211 Å². The molecule has 0 atom stereocenters. The van der Waals surface area contributed by atoms with E-state index in [1.165, 1.54) is 5.56 Å². The molecule has 0 unspecified atom stereocenters. The summed E-state index contributed by atoms with van der Waals surface area (Å²) in [7, 11) is 3.52. The molecule has 0 saturated carbocycles. The second kappa shape index (κ2) is 17.1. The Kier molecular flexibility index (Phi) is 15.3. The smallest absolute Gasteiger partial charge is 0.243 e. The molecule has 0 aromatic heterocycles. The highest BCUT2D eigenvalue weighted by Gasteiger charge is 2.20. The normalized spacial score (nSPS) is 15.2. The number of hydrogen-bond donors (Lipinski definition) is 2. The molecule has 0 bridgehead atoms. The number of likely N-dealkylation sites (tertiary alicyclic amines) is 1. The van der Waals surface area contributed by atoms with Gasteiger partial charge in [-0.25, -0.2) is 4.99 Å². The highest BCUT2D eigenvalue weighted by molar-refractivity contribution is 14.0. The zero-order chi connectivity index (χ0) is 22.3. The number of hydrogen-bond acceptors (Lipinski definition) is 4. The summed E-state index contributed by atoms with van der Waals surface area (Å²) in [4.78, 5) is 20.6. The number of aliphatic imine (C=N–C) groups is 1. The number of piperidine rings is 1. The third-order valence-corrected chi connectivity index (χ3v) is 5.45. The molecule has 0 aliphatic carbocycles. The summed E-state index contributed by atoms with van der Waals surface area (Å²) in [6.07, 6.45) is 5.31. The number of carbonyl (C=O) groups is 1. The molecule has 1 fully saturated rings. The first-order chi connectivity index (χ1) is 15.1. The molecule has 1 aromatic carbocycles. The largest absolute Gasteiger partial charge is 0.381 e. The Bertz CT molecular complexity index is 649. The van der Waals surface area contributed by atoms with Crippen LogP contribution in [-0.4, -0.2) is 81.2 Å². The number of nitrogens with one attached hydrogen (secondary N) is 2. The highest BCUT2D eigenvalue weighted by atomic mass is 127. The van der Waals surface area contributed by atoms with E-state index in [9.17, 15) is 4.79 Å². The average molecular weight is 560 g/mol. The van der Waals surface area contributed by atoms with Crippen molar-refractivity contribution >= 4 is 35.8 Å². The molecule has 1 saturated heterocycles. The van der Waals surface area contributed by atoms with Crippen LogP contribution in [0.3, 0.4) is 0 Å². The van der Waals surface area contributed by atoms with Crippen molar-refractivity contribution in [2.75, 3.05) is 53.5 Å². The molecule has 0 radical (unpaired) electrons. The first-order valence-corrected chi connectivity index (χ1v) is 11.7. The van der Waals surface area contributed by atoms with Gasteiger partial charge in [-0.2, -0.15) is 0 Å². The molecule has 1 heterocycles. The van der Waals surface area contributed by atoms with E-state index in [2.05, 4.69) is 57.8 Å². The van der Waals surface area contributed by atoms with Crippen molar-refractivity contribution in [1.29, 1.82) is 0 Å². The van der Waals surface area contributed by atoms with Crippen LogP contribution in [0.25, 0.3) is 0 Å². The molecular weight excluding hydrogens is 517 g/mol. The number of likely N-dealkylation sites (N-methyl/N-ethyl adjacent to an activating group) is 1. The van der Waals surface area contributed by atoms with Crippen LogP contribution in [0.4, 0.5) is 0 Å². The monoisotopic (exact) mass is 559 g/mol. The van der Waals surface area contributed by atoms with Crippen molar-refractivity contribution in [1.82, 2.24) is 20.4 Å². The number of rotatable bonds is 12. The molecule has 1 aliphatic rings. The molecule has 1 amide bonds. The van der Waals surface area contributed by atoms with Gasteiger partial charge in [0.2, 0.25) is 5.91 Å². The highest BCUT2D eigenvalue weighted by Crippen LogP contribution is 2.13. The Morgan fingerprint density at radius 2 is 1.84 bits per heavy atom. The van der Waals surface area contributed by atoms with Crippen LogP contribution in [0.5, 0.6) is 0 Å². The lowest BCUT2D eigenvalue weighted by Gasteiger charge is -2.33. The number of carbonyl (C=O) groups excluding carboxylic acids is 1. The summed E-state index contributed by atoms with van der Waals surface area (Å²) in [5.41, 5.74) is 1.36. The van der Waals surface area contributed by atoms with E-state index in [0.29, 0.717) is 6.04 Å². The number of ether oxygens (including phenoxy) is 1. The van der Waals surface area contributed by atoms with Gasteiger partial charge in [-0.15, -0.1) is 24.0 Å². The van der Waals surface area contributed by atoms with E-state index >= 15 is 0 Å². The van der Waals surface area contributed by atoms with E-state index in [4.69, 9.17) is 4.74 Å². The van der Waals surface area contributed by atoms with E-state index in [-0.39, 0.29) is 36.4 Å². The topological polar surface area (TPSA) is 69.2 Å². The molecule has 32 heavy (non-hydrogen) atoms. The summed E-state index contributed by atoms with van der Waals surface area (Å²) in [5.74, 6) is 0.729. The Balaban J connectivity index is 0.00000512. The Morgan fingerprint density at radius 3 is 2.50 bits per heavy atom. The Morgan fingerprint density at radius 1 is 1.16 bits per heavy atom. The molecule has 7 nitrogen and oxygen atoms in total. The van der Waals surface area contributed by atoms with Gasteiger partial charge >= 0.3 is 0 Å². The lowest BCUT2D eigenvalue weighted by Crippen LogP contribution is -2.49. The van der Waals surface area contributed by atoms with E-state index in [1.807, 2.05) is 0 Å². The average Bonchev–Trinajstić information content (AvgIpc) is 2.78. The van der Waals surface area contributed by atoms with E-state index in [0.717, 1.165) is 77.5 Å². The lowest BCUT2D eigenvalue weighted by atomic mass is 10.0. The maximum atomic E-state index is 12.0. The first-order valence-electron chi connectivity index (χ1n) is 11.7. The lowest BCUT2D eigenvalue weighted by molar-refractivity contribution is -0.127. The predicted molar refractivity (Wildman–Crippen MR) is 143 cm³/mol. The van der Waals surface area contributed by atoms with Gasteiger partial charge in [0.25, 0.3) is 0 Å². The van der Waals surface area contributed by atoms with Crippen molar-refractivity contribution in [3.8, 4) is 0 Å². The zero-order valence-electron chi connectivity index (χ0n) is 20.0. The quantitative estimate of drug-likeness (QED) is 0.178. The number of unbranched alkanes of at least 4 members (excludes halogenated alkanes) is 1. The fourth-order valence-corrected chi connectivity index (χ4v) is 3.44. The maximum absolute atomic E-state index is 12.0.